The number of methoxy groups -OCH3 is 2. The van der Waals surface area contributed by atoms with Crippen molar-refractivity contribution in [3.63, 3.8) is 0 Å². The van der Waals surface area contributed by atoms with Crippen molar-refractivity contribution in [3.05, 3.63) is 29.4 Å². The van der Waals surface area contributed by atoms with Gasteiger partial charge in [0.2, 0.25) is 0 Å². The molecule has 0 aliphatic carbocycles. The average Bonchev–Trinajstić information content (AvgIpc) is 3.23. The zero-order chi connectivity index (χ0) is 16.4. The molecule has 0 saturated carbocycles. The Morgan fingerprint density at radius 1 is 1.35 bits per heavy atom. The molecular weight excluding hydrogens is 336 g/mol. The fourth-order valence-electron chi connectivity index (χ4n) is 2.29. The maximum Gasteiger partial charge on any atom is 0.321 e. The molecule has 1 aromatic carbocycles. The molecule has 0 radical (unpaired) electrons. The van der Waals surface area contributed by atoms with Crippen LogP contribution in [0.5, 0.6) is 11.5 Å². The molecule has 2 heterocycles. The second-order valence-electron chi connectivity index (χ2n) is 4.90. The summed E-state index contributed by atoms with van der Waals surface area (Å²) in [5.41, 5.74) is 0.990. The molecular formula is C15H16N2O4S2. The zero-order valence-electron chi connectivity index (χ0n) is 12.6. The molecule has 0 amide bonds. The lowest BCUT2D eigenvalue weighted by atomic mass is 10.2. The molecule has 2 unspecified atom stereocenters. The molecule has 2 aromatic rings. The summed E-state index contributed by atoms with van der Waals surface area (Å²) in [6.45, 7) is 0. The minimum absolute atomic E-state index is 0.0741. The summed E-state index contributed by atoms with van der Waals surface area (Å²) in [6.07, 6.45) is 1.80. The van der Waals surface area contributed by atoms with Crippen molar-refractivity contribution in [2.45, 2.75) is 11.4 Å². The number of rotatable bonds is 5. The Balaban J connectivity index is 1.81. The normalized spacial score (nSPS) is 20.4. The van der Waals surface area contributed by atoms with E-state index >= 15 is 0 Å². The molecule has 0 bridgehead atoms. The number of nitrogens with one attached hydrogen (secondary N) is 1. The standard InChI is InChI=1S/C15H16N2O4S2/c1-20-10-4-3-8(5-11(10)21-2)12-6-16-13(23-12)14-17-9(7-22-14)15(18)19/h3-6,9,14,17H,7H2,1-2H3,(H,18,19). The van der Waals surface area contributed by atoms with E-state index in [-0.39, 0.29) is 5.37 Å². The lowest BCUT2D eigenvalue weighted by Crippen LogP contribution is -2.33. The molecule has 1 saturated heterocycles. The van der Waals surface area contributed by atoms with Gasteiger partial charge in [-0.2, -0.15) is 0 Å². The minimum Gasteiger partial charge on any atom is -0.493 e. The van der Waals surface area contributed by atoms with E-state index in [2.05, 4.69) is 10.3 Å². The first-order valence-electron chi connectivity index (χ1n) is 6.91. The monoisotopic (exact) mass is 352 g/mol. The molecule has 1 fully saturated rings. The van der Waals surface area contributed by atoms with E-state index in [0.29, 0.717) is 17.3 Å². The van der Waals surface area contributed by atoms with Gasteiger partial charge >= 0.3 is 5.97 Å². The maximum absolute atomic E-state index is 11.0. The number of thiazole rings is 1. The van der Waals surface area contributed by atoms with Crippen LogP contribution in [0.2, 0.25) is 0 Å². The van der Waals surface area contributed by atoms with Crippen LogP contribution in [-0.4, -0.2) is 42.1 Å². The highest BCUT2D eigenvalue weighted by Crippen LogP contribution is 2.39. The van der Waals surface area contributed by atoms with Crippen LogP contribution in [0.3, 0.4) is 0 Å². The van der Waals surface area contributed by atoms with E-state index in [0.717, 1.165) is 15.4 Å². The third-order valence-electron chi connectivity index (χ3n) is 3.50. The number of thioether (sulfide) groups is 1. The minimum atomic E-state index is -0.823. The number of hydrogen-bond acceptors (Lipinski definition) is 7. The molecule has 3 rings (SSSR count). The third-order valence-corrected chi connectivity index (χ3v) is 5.98. The Morgan fingerprint density at radius 2 is 2.13 bits per heavy atom. The molecule has 2 N–H and O–H groups in total. The first-order valence-corrected chi connectivity index (χ1v) is 8.77. The summed E-state index contributed by atoms with van der Waals surface area (Å²) in [4.78, 5) is 16.5. The number of aromatic nitrogens is 1. The SMILES string of the molecule is COc1ccc(-c2cnc(C3NC(C(=O)O)CS3)s2)cc1OC. The Bertz CT molecular complexity index is 719. The van der Waals surface area contributed by atoms with Crippen LogP contribution >= 0.6 is 23.1 Å². The number of carbonyl (C=O) groups is 1. The van der Waals surface area contributed by atoms with Gasteiger partial charge in [0, 0.05) is 11.9 Å². The maximum atomic E-state index is 11.0. The highest BCUT2D eigenvalue weighted by molar-refractivity contribution is 7.99. The van der Waals surface area contributed by atoms with Gasteiger partial charge in [-0.05, 0) is 23.8 Å². The van der Waals surface area contributed by atoms with Crippen molar-refractivity contribution < 1.29 is 19.4 Å². The third kappa shape index (κ3) is 3.29. The predicted octanol–water partition coefficient (Wildman–Crippen LogP) is 2.62. The van der Waals surface area contributed by atoms with Crippen molar-refractivity contribution in [1.82, 2.24) is 10.3 Å². The van der Waals surface area contributed by atoms with Crippen molar-refractivity contribution in [3.8, 4) is 21.9 Å². The molecule has 1 aromatic heterocycles. The Labute approximate surface area is 141 Å². The van der Waals surface area contributed by atoms with Crippen LogP contribution in [0.4, 0.5) is 0 Å². The van der Waals surface area contributed by atoms with Crippen molar-refractivity contribution in [1.29, 1.82) is 0 Å². The Kier molecular flexibility index (Phi) is 4.74. The molecule has 2 atom stereocenters. The summed E-state index contributed by atoms with van der Waals surface area (Å²) < 4.78 is 10.6. The second kappa shape index (κ2) is 6.77. The lowest BCUT2D eigenvalue weighted by Gasteiger charge is -2.08. The van der Waals surface area contributed by atoms with Crippen LogP contribution in [0.1, 0.15) is 10.4 Å². The fourth-order valence-corrected chi connectivity index (χ4v) is 4.58. The number of hydrogen-bond donors (Lipinski definition) is 2. The van der Waals surface area contributed by atoms with Gasteiger partial charge < -0.3 is 14.6 Å². The van der Waals surface area contributed by atoms with Gasteiger partial charge in [-0.3, -0.25) is 10.1 Å². The summed E-state index contributed by atoms with van der Waals surface area (Å²) in [7, 11) is 3.20. The summed E-state index contributed by atoms with van der Waals surface area (Å²) >= 11 is 3.11. The van der Waals surface area contributed by atoms with E-state index in [4.69, 9.17) is 14.6 Å². The van der Waals surface area contributed by atoms with Gasteiger partial charge in [0.1, 0.15) is 16.4 Å². The number of aliphatic carboxylic acids is 1. The number of carboxylic acid groups (broad SMARTS) is 1. The van der Waals surface area contributed by atoms with E-state index in [1.54, 1.807) is 43.5 Å². The quantitative estimate of drug-likeness (QED) is 0.856. The first kappa shape index (κ1) is 16.1. The largest absolute Gasteiger partial charge is 0.493 e. The van der Waals surface area contributed by atoms with E-state index in [9.17, 15) is 4.79 Å². The highest BCUT2D eigenvalue weighted by Gasteiger charge is 2.32. The molecule has 122 valence electrons. The molecule has 6 nitrogen and oxygen atoms in total. The summed E-state index contributed by atoms with van der Waals surface area (Å²) in [6, 6.07) is 5.20. The van der Waals surface area contributed by atoms with Crippen LogP contribution < -0.4 is 14.8 Å². The van der Waals surface area contributed by atoms with E-state index in [1.165, 1.54) is 0 Å². The van der Waals surface area contributed by atoms with Crippen LogP contribution in [-0.2, 0) is 4.79 Å². The van der Waals surface area contributed by atoms with Crippen LogP contribution in [0.15, 0.2) is 24.4 Å². The van der Waals surface area contributed by atoms with Gasteiger partial charge in [0.25, 0.3) is 0 Å². The molecule has 0 spiro atoms. The van der Waals surface area contributed by atoms with Crippen molar-refractivity contribution >= 4 is 29.1 Å². The van der Waals surface area contributed by atoms with Gasteiger partial charge in [-0.25, -0.2) is 4.98 Å². The van der Waals surface area contributed by atoms with Gasteiger partial charge in [0.05, 0.1) is 19.1 Å². The summed E-state index contributed by atoms with van der Waals surface area (Å²) in [5.74, 6) is 1.07. The van der Waals surface area contributed by atoms with Crippen molar-refractivity contribution in [2.24, 2.45) is 0 Å². The molecule has 8 heteroatoms. The molecule has 23 heavy (non-hydrogen) atoms. The molecule has 1 aliphatic heterocycles. The second-order valence-corrected chi connectivity index (χ2v) is 7.10. The number of carboxylic acids is 1. The van der Waals surface area contributed by atoms with E-state index in [1.807, 2.05) is 18.2 Å². The Morgan fingerprint density at radius 3 is 2.78 bits per heavy atom. The molecule has 1 aliphatic rings. The topological polar surface area (TPSA) is 80.7 Å². The van der Waals surface area contributed by atoms with Gasteiger partial charge in [-0.1, -0.05) is 0 Å². The van der Waals surface area contributed by atoms with Crippen LogP contribution in [0, 0.1) is 0 Å². The number of nitrogens with zero attached hydrogens (tertiary/aromatic N) is 1. The van der Waals surface area contributed by atoms with Crippen LogP contribution in [0.25, 0.3) is 10.4 Å². The number of benzene rings is 1. The van der Waals surface area contributed by atoms with E-state index < -0.39 is 12.0 Å². The Hall–Kier alpha value is -1.77. The highest BCUT2D eigenvalue weighted by atomic mass is 32.2. The lowest BCUT2D eigenvalue weighted by molar-refractivity contribution is -0.138. The average molecular weight is 352 g/mol. The number of ether oxygens (including phenoxy) is 2. The smallest absolute Gasteiger partial charge is 0.321 e. The fraction of sp³-hybridized carbons (Fsp3) is 0.333. The predicted molar refractivity (Wildman–Crippen MR) is 90.4 cm³/mol. The van der Waals surface area contributed by atoms with Crippen molar-refractivity contribution in [2.75, 3.05) is 20.0 Å². The van der Waals surface area contributed by atoms with Gasteiger partial charge in [0.15, 0.2) is 11.5 Å². The van der Waals surface area contributed by atoms with Gasteiger partial charge in [-0.15, -0.1) is 23.1 Å². The first-order chi connectivity index (χ1) is 11.1. The summed E-state index contributed by atoms with van der Waals surface area (Å²) in [5, 5.41) is 12.9. The zero-order valence-corrected chi connectivity index (χ0v) is 14.2.